The van der Waals surface area contributed by atoms with Crippen molar-refractivity contribution in [3.05, 3.63) is 52.8 Å². The Morgan fingerprint density at radius 3 is 2.46 bits per heavy atom. The van der Waals surface area contributed by atoms with Crippen LogP contribution >= 0.6 is 15.9 Å². The summed E-state index contributed by atoms with van der Waals surface area (Å²) in [6, 6.07) is 11.2. The maximum Gasteiger partial charge on any atom is 0.262 e. The minimum absolute atomic E-state index is 0.0715. The van der Waals surface area contributed by atoms with E-state index in [4.69, 9.17) is 4.74 Å². The number of hydrogen-bond acceptors (Lipinski definition) is 3. The molecule has 0 saturated heterocycles. The fourth-order valence-electron chi connectivity index (χ4n) is 3.18. The minimum atomic E-state index is -0.534. The standard InChI is InChI=1S/C21H22BrFN2O3/c22-15-6-9-17(10-7-15)28-13-20(26)24-16-8-11-18(23)19(12-16)25-21(27)14-4-2-1-3-5-14/h6-12,14H,1-5,13H2,(H,24,26)(H,25,27). The van der Waals surface area contributed by atoms with Crippen LogP contribution in [0.15, 0.2) is 46.9 Å². The first-order chi connectivity index (χ1) is 13.5. The lowest BCUT2D eigenvalue weighted by molar-refractivity contribution is -0.120. The molecule has 1 aliphatic rings. The van der Waals surface area contributed by atoms with E-state index in [1.807, 2.05) is 12.1 Å². The summed E-state index contributed by atoms with van der Waals surface area (Å²) in [4.78, 5) is 24.4. The highest BCUT2D eigenvalue weighted by atomic mass is 79.9. The Balaban J connectivity index is 1.56. The molecule has 1 saturated carbocycles. The Hall–Kier alpha value is -2.41. The summed E-state index contributed by atoms with van der Waals surface area (Å²) in [5.74, 6) is -0.586. The SMILES string of the molecule is O=C(COc1ccc(Br)cc1)Nc1ccc(F)c(NC(=O)C2CCCCC2)c1. The van der Waals surface area contributed by atoms with Gasteiger partial charge in [0.15, 0.2) is 6.61 Å². The van der Waals surface area contributed by atoms with Gasteiger partial charge in [-0.15, -0.1) is 0 Å². The molecule has 0 aromatic heterocycles. The smallest absolute Gasteiger partial charge is 0.262 e. The van der Waals surface area contributed by atoms with Gasteiger partial charge in [-0.2, -0.15) is 0 Å². The summed E-state index contributed by atoms with van der Waals surface area (Å²) >= 11 is 3.33. The van der Waals surface area contributed by atoms with Gasteiger partial charge in [-0.1, -0.05) is 35.2 Å². The Kier molecular flexibility index (Phi) is 7.03. The third-order valence-electron chi connectivity index (χ3n) is 4.67. The van der Waals surface area contributed by atoms with Crippen LogP contribution in [0.5, 0.6) is 5.75 Å². The lowest BCUT2D eigenvalue weighted by atomic mass is 9.88. The molecule has 148 valence electrons. The monoisotopic (exact) mass is 448 g/mol. The molecule has 28 heavy (non-hydrogen) atoms. The molecular weight excluding hydrogens is 427 g/mol. The Bertz CT molecular complexity index is 836. The third-order valence-corrected chi connectivity index (χ3v) is 5.20. The van der Waals surface area contributed by atoms with E-state index in [2.05, 4.69) is 26.6 Å². The largest absolute Gasteiger partial charge is 0.484 e. The number of nitrogens with one attached hydrogen (secondary N) is 2. The minimum Gasteiger partial charge on any atom is -0.484 e. The second-order valence-corrected chi connectivity index (χ2v) is 7.73. The van der Waals surface area contributed by atoms with Crippen LogP contribution in [0.25, 0.3) is 0 Å². The summed E-state index contributed by atoms with van der Waals surface area (Å²) in [6.07, 6.45) is 4.85. The second kappa shape index (κ2) is 9.68. The van der Waals surface area contributed by atoms with Crippen molar-refractivity contribution in [1.29, 1.82) is 0 Å². The van der Waals surface area contributed by atoms with E-state index >= 15 is 0 Å². The number of ether oxygens (including phenoxy) is 1. The topological polar surface area (TPSA) is 67.4 Å². The molecule has 1 fully saturated rings. The molecule has 0 bridgehead atoms. The summed E-state index contributed by atoms with van der Waals surface area (Å²) in [5, 5.41) is 5.31. The normalized spacial score (nSPS) is 14.4. The first-order valence-corrected chi connectivity index (χ1v) is 10.1. The van der Waals surface area contributed by atoms with Crippen LogP contribution in [0.2, 0.25) is 0 Å². The van der Waals surface area contributed by atoms with Crippen molar-refractivity contribution in [2.24, 2.45) is 5.92 Å². The number of hydrogen-bond donors (Lipinski definition) is 2. The maximum atomic E-state index is 14.1. The van der Waals surface area contributed by atoms with E-state index in [9.17, 15) is 14.0 Å². The fourth-order valence-corrected chi connectivity index (χ4v) is 3.44. The molecule has 2 aromatic carbocycles. The van der Waals surface area contributed by atoms with Crippen LogP contribution < -0.4 is 15.4 Å². The number of amides is 2. The number of halogens is 2. The van der Waals surface area contributed by atoms with Gasteiger partial charge in [-0.25, -0.2) is 4.39 Å². The zero-order valence-corrected chi connectivity index (χ0v) is 16.9. The number of carbonyl (C=O) groups excluding carboxylic acids is 2. The first-order valence-electron chi connectivity index (χ1n) is 9.30. The van der Waals surface area contributed by atoms with E-state index in [1.54, 1.807) is 12.1 Å². The molecule has 0 radical (unpaired) electrons. The van der Waals surface area contributed by atoms with Gasteiger partial charge in [0.25, 0.3) is 5.91 Å². The zero-order chi connectivity index (χ0) is 19.9. The van der Waals surface area contributed by atoms with Gasteiger partial charge in [-0.3, -0.25) is 9.59 Å². The molecule has 2 aromatic rings. The summed E-state index contributed by atoms with van der Waals surface area (Å²) < 4.78 is 20.4. The van der Waals surface area contributed by atoms with E-state index in [-0.39, 0.29) is 30.0 Å². The Labute approximate surface area is 171 Å². The van der Waals surface area contributed by atoms with Crippen LogP contribution in [-0.4, -0.2) is 18.4 Å². The number of carbonyl (C=O) groups is 2. The molecule has 0 atom stereocenters. The quantitative estimate of drug-likeness (QED) is 0.643. The third kappa shape index (κ3) is 5.79. The molecule has 0 spiro atoms. The highest BCUT2D eigenvalue weighted by molar-refractivity contribution is 9.10. The van der Waals surface area contributed by atoms with Gasteiger partial charge in [0.05, 0.1) is 5.69 Å². The van der Waals surface area contributed by atoms with Gasteiger partial charge < -0.3 is 15.4 Å². The van der Waals surface area contributed by atoms with Gasteiger partial charge >= 0.3 is 0 Å². The van der Waals surface area contributed by atoms with Crippen LogP contribution in [0.4, 0.5) is 15.8 Å². The van der Waals surface area contributed by atoms with Crippen LogP contribution in [0.3, 0.4) is 0 Å². The molecule has 2 N–H and O–H groups in total. The first kappa shape index (κ1) is 20.3. The molecule has 0 unspecified atom stereocenters. The second-order valence-electron chi connectivity index (χ2n) is 6.81. The van der Waals surface area contributed by atoms with Gasteiger partial charge in [0.1, 0.15) is 11.6 Å². The summed E-state index contributed by atoms with van der Waals surface area (Å²) in [5.41, 5.74) is 0.465. The lowest BCUT2D eigenvalue weighted by Gasteiger charge is -2.21. The fraction of sp³-hybridized carbons (Fsp3) is 0.333. The predicted molar refractivity (Wildman–Crippen MR) is 110 cm³/mol. The summed E-state index contributed by atoms with van der Waals surface area (Å²) in [6.45, 7) is -0.178. The molecule has 5 nitrogen and oxygen atoms in total. The van der Waals surface area contributed by atoms with Crippen molar-refractivity contribution in [2.45, 2.75) is 32.1 Å². The molecular formula is C21H22BrFN2O3. The lowest BCUT2D eigenvalue weighted by Crippen LogP contribution is -2.25. The van der Waals surface area contributed by atoms with Crippen LogP contribution in [-0.2, 0) is 9.59 Å². The average molecular weight is 449 g/mol. The molecule has 7 heteroatoms. The molecule has 0 heterocycles. The van der Waals surface area contributed by atoms with Crippen molar-refractivity contribution in [3.63, 3.8) is 0 Å². The molecule has 0 aliphatic heterocycles. The van der Waals surface area contributed by atoms with Gasteiger partial charge in [0.2, 0.25) is 5.91 Å². The summed E-state index contributed by atoms with van der Waals surface area (Å²) in [7, 11) is 0. The molecule has 1 aliphatic carbocycles. The molecule has 3 rings (SSSR count). The highest BCUT2D eigenvalue weighted by Crippen LogP contribution is 2.26. The number of rotatable bonds is 6. The van der Waals surface area contributed by atoms with Crippen molar-refractivity contribution in [1.82, 2.24) is 0 Å². The highest BCUT2D eigenvalue weighted by Gasteiger charge is 2.22. The zero-order valence-electron chi connectivity index (χ0n) is 15.3. The van der Waals surface area contributed by atoms with Crippen molar-refractivity contribution < 1.29 is 18.7 Å². The van der Waals surface area contributed by atoms with E-state index < -0.39 is 5.82 Å². The average Bonchev–Trinajstić information content (AvgIpc) is 2.71. The van der Waals surface area contributed by atoms with Crippen LogP contribution in [0.1, 0.15) is 32.1 Å². The van der Waals surface area contributed by atoms with Gasteiger partial charge in [0, 0.05) is 16.1 Å². The number of anilines is 2. The van der Waals surface area contributed by atoms with Crippen molar-refractivity contribution >= 4 is 39.1 Å². The van der Waals surface area contributed by atoms with Crippen molar-refractivity contribution in [2.75, 3.05) is 17.2 Å². The Morgan fingerprint density at radius 2 is 1.75 bits per heavy atom. The van der Waals surface area contributed by atoms with Gasteiger partial charge in [-0.05, 0) is 55.3 Å². The maximum absolute atomic E-state index is 14.1. The van der Waals surface area contributed by atoms with E-state index in [0.29, 0.717) is 11.4 Å². The van der Waals surface area contributed by atoms with Crippen LogP contribution in [0, 0.1) is 11.7 Å². The predicted octanol–water partition coefficient (Wildman–Crippen LogP) is 5.12. The van der Waals surface area contributed by atoms with Crippen molar-refractivity contribution in [3.8, 4) is 5.75 Å². The van der Waals surface area contributed by atoms with E-state index in [1.165, 1.54) is 18.2 Å². The molecule has 2 amide bonds. The Morgan fingerprint density at radius 1 is 1.04 bits per heavy atom. The van der Waals surface area contributed by atoms with E-state index in [0.717, 1.165) is 36.6 Å². The number of benzene rings is 2.